The van der Waals surface area contributed by atoms with Crippen LogP contribution in [0, 0.1) is 0 Å². The van der Waals surface area contributed by atoms with E-state index in [-0.39, 0.29) is 0 Å². The molecule has 2 saturated heterocycles. The average Bonchev–Trinajstić information content (AvgIpc) is 2.70. The third-order valence-electron chi connectivity index (χ3n) is 4.49. The lowest BCUT2D eigenvalue weighted by molar-refractivity contribution is -0.133. The Hall–Kier alpha value is -0.610. The summed E-state index contributed by atoms with van der Waals surface area (Å²) in [5.74, 6) is 0.352. The molecule has 0 saturated carbocycles. The maximum Gasteiger partial charge on any atom is 0.236 e. The zero-order valence-electron chi connectivity index (χ0n) is 12.4. The molecule has 110 valence electrons. The number of piperidine rings is 1. The van der Waals surface area contributed by atoms with Crippen LogP contribution in [0.3, 0.4) is 0 Å². The summed E-state index contributed by atoms with van der Waals surface area (Å²) >= 11 is 0. The van der Waals surface area contributed by atoms with E-state index in [9.17, 15) is 4.79 Å². The largest absolute Gasteiger partial charge is 0.342 e. The molecule has 19 heavy (non-hydrogen) atoms. The number of nitrogens with one attached hydrogen (secondary N) is 1. The highest BCUT2D eigenvalue weighted by Crippen LogP contribution is 2.17. The molecule has 0 aromatic heterocycles. The lowest BCUT2D eigenvalue weighted by Gasteiger charge is -2.36. The monoisotopic (exact) mass is 267 g/mol. The normalized spacial score (nSPS) is 26.2. The summed E-state index contributed by atoms with van der Waals surface area (Å²) in [6.45, 7) is 4.68. The van der Waals surface area contributed by atoms with E-state index in [1.165, 1.54) is 44.9 Å². The lowest BCUT2D eigenvalue weighted by atomic mass is 10.0. The van der Waals surface area contributed by atoms with Crippen LogP contribution >= 0.6 is 0 Å². The smallest absolute Gasteiger partial charge is 0.236 e. The highest BCUT2D eigenvalue weighted by Gasteiger charge is 2.25. The molecule has 4 nitrogen and oxygen atoms in total. The second-order valence-electron chi connectivity index (χ2n) is 5.97. The number of hydrogen-bond acceptors (Lipinski definition) is 3. The Morgan fingerprint density at radius 1 is 1.05 bits per heavy atom. The van der Waals surface area contributed by atoms with Crippen LogP contribution in [0.2, 0.25) is 0 Å². The Balaban J connectivity index is 1.84. The van der Waals surface area contributed by atoms with Crippen LogP contribution in [-0.4, -0.2) is 61.5 Å². The quantitative estimate of drug-likeness (QED) is 0.838. The van der Waals surface area contributed by atoms with Gasteiger partial charge in [-0.05, 0) is 39.3 Å². The van der Waals surface area contributed by atoms with Gasteiger partial charge in [0, 0.05) is 25.7 Å². The number of hydrogen-bond donors (Lipinski definition) is 1. The summed E-state index contributed by atoms with van der Waals surface area (Å²) in [6.07, 6.45) is 8.73. The predicted molar refractivity (Wildman–Crippen MR) is 78.2 cm³/mol. The minimum atomic E-state index is 0.352. The van der Waals surface area contributed by atoms with Crippen molar-refractivity contribution in [2.45, 2.75) is 51.0 Å². The second kappa shape index (κ2) is 7.85. The number of amides is 1. The van der Waals surface area contributed by atoms with Crippen molar-refractivity contribution in [3.05, 3.63) is 0 Å². The Morgan fingerprint density at radius 3 is 2.42 bits per heavy atom. The number of carbonyl (C=O) groups excluding carboxylic acids is 1. The summed E-state index contributed by atoms with van der Waals surface area (Å²) < 4.78 is 0. The Labute approximate surface area is 117 Å². The van der Waals surface area contributed by atoms with Gasteiger partial charge in [0.1, 0.15) is 0 Å². The predicted octanol–water partition coefficient (Wildman–Crippen LogP) is 1.46. The second-order valence-corrected chi connectivity index (χ2v) is 5.97. The Kier molecular flexibility index (Phi) is 6.11. The molecular formula is C15H29N3O. The number of carbonyl (C=O) groups is 1. The SMILES string of the molecule is CNCC1CCCCN1CC(=O)N1CCCCCC1. The maximum absolute atomic E-state index is 12.4. The lowest BCUT2D eigenvalue weighted by Crippen LogP contribution is -2.50. The van der Waals surface area contributed by atoms with E-state index in [4.69, 9.17) is 0 Å². The molecular weight excluding hydrogens is 238 g/mol. The van der Waals surface area contributed by atoms with E-state index in [0.29, 0.717) is 18.5 Å². The zero-order chi connectivity index (χ0) is 13.5. The molecule has 4 heteroatoms. The van der Waals surface area contributed by atoms with Crippen LogP contribution in [0.25, 0.3) is 0 Å². The van der Waals surface area contributed by atoms with Gasteiger partial charge < -0.3 is 10.2 Å². The van der Waals surface area contributed by atoms with Gasteiger partial charge in [-0.15, -0.1) is 0 Å². The van der Waals surface area contributed by atoms with Gasteiger partial charge in [-0.25, -0.2) is 0 Å². The van der Waals surface area contributed by atoms with E-state index in [2.05, 4.69) is 15.1 Å². The van der Waals surface area contributed by atoms with Crippen molar-refractivity contribution >= 4 is 5.91 Å². The van der Waals surface area contributed by atoms with Gasteiger partial charge in [-0.1, -0.05) is 19.3 Å². The first kappa shape index (κ1) is 14.8. The molecule has 1 unspecified atom stereocenters. The molecule has 0 spiro atoms. The molecule has 0 bridgehead atoms. The van der Waals surface area contributed by atoms with Crippen molar-refractivity contribution in [2.75, 3.05) is 39.8 Å². The first-order valence-electron chi connectivity index (χ1n) is 7.97. The number of likely N-dealkylation sites (N-methyl/N-ethyl adjacent to an activating group) is 1. The van der Waals surface area contributed by atoms with E-state index in [1.807, 2.05) is 7.05 Å². The van der Waals surface area contributed by atoms with Gasteiger partial charge >= 0.3 is 0 Å². The average molecular weight is 267 g/mol. The molecule has 1 N–H and O–H groups in total. The third kappa shape index (κ3) is 4.46. The molecule has 2 rings (SSSR count). The number of likely N-dealkylation sites (tertiary alicyclic amines) is 2. The molecule has 2 heterocycles. The topological polar surface area (TPSA) is 35.6 Å². The van der Waals surface area contributed by atoms with Crippen LogP contribution < -0.4 is 5.32 Å². The molecule has 2 aliphatic rings. The van der Waals surface area contributed by atoms with Crippen molar-refractivity contribution in [3.63, 3.8) is 0 Å². The minimum Gasteiger partial charge on any atom is -0.342 e. The van der Waals surface area contributed by atoms with Crippen molar-refractivity contribution in [1.82, 2.24) is 15.1 Å². The van der Waals surface area contributed by atoms with Crippen molar-refractivity contribution in [2.24, 2.45) is 0 Å². The highest BCUT2D eigenvalue weighted by atomic mass is 16.2. The van der Waals surface area contributed by atoms with E-state index in [0.717, 1.165) is 26.2 Å². The molecule has 0 aromatic carbocycles. The molecule has 0 radical (unpaired) electrons. The Bertz CT molecular complexity index is 273. The van der Waals surface area contributed by atoms with E-state index < -0.39 is 0 Å². The summed E-state index contributed by atoms with van der Waals surface area (Å²) in [6, 6.07) is 0.551. The fraction of sp³-hybridized carbons (Fsp3) is 0.933. The minimum absolute atomic E-state index is 0.352. The third-order valence-corrected chi connectivity index (χ3v) is 4.49. The van der Waals surface area contributed by atoms with Crippen LogP contribution in [0.1, 0.15) is 44.9 Å². The van der Waals surface area contributed by atoms with Gasteiger partial charge in [-0.3, -0.25) is 9.69 Å². The van der Waals surface area contributed by atoms with Crippen LogP contribution in [0.4, 0.5) is 0 Å². The van der Waals surface area contributed by atoms with Crippen molar-refractivity contribution in [1.29, 1.82) is 0 Å². The molecule has 1 atom stereocenters. The van der Waals surface area contributed by atoms with Crippen LogP contribution in [0.5, 0.6) is 0 Å². The Morgan fingerprint density at radius 2 is 1.74 bits per heavy atom. The van der Waals surface area contributed by atoms with Gasteiger partial charge in [0.05, 0.1) is 6.54 Å². The molecule has 2 fully saturated rings. The van der Waals surface area contributed by atoms with Crippen LogP contribution in [0.15, 0.2) is 0 Å². The summed E-state index contributed by atoms with van der Waals surface area (Å²) in [7, 11) is 2.00. The van der Waals surface area contributed by atoms with Gasteiger partial charge in [0.2, 0.25) is 5.91 Å². The number of rotatable bonds is 4. The summed E-state index contributed by atoms with van der Waals surface area (Å²) in [5.41, 5.74) is 0. The van der Waals surface area contributed by atoms with Gasteiger partial charge in [0.25, 0.3) is 0 Å². The van der Waals surface area contributed by atoms with Crippen molar-refractivity contribution in [3.8, 4) is 0 Å². The molecule has 2 aliphatic heterocycles. The van der Waals surface area contributed by atoms with Crippen LogP contribution in [-0.2, 0) is 4.79 Å². The number of nitrogens with zero attached hydrogens (tertiary/aromatic N) is 2. The fourth-order valence-electron chi connectivity index (χ4n) is 3.33. The first-order chi connectivity index (χ1) is 9.31. The maximum atomic E-state index is 12.4. The molecule has 1 amide bonds. The van der Waals surface area contributed by atoms with Crippen molar-refractivity contribution < 1.29 is 4.79 Å². The van der Waals surface area contributed by atoms with Gasteiger partial charge in [-0.2, -0.15) is 0 Å². The van der Waals surface area contributed by atoms with E-state index in [1.54, 1.807) is 0 Å². The summed E-state index contributed by atoms with van der Waals surface area (Å²) in [4.78, 5) is 16.9. The summed E-state index contributed by atoms with van der Waals surface area (Å²) in [5, 5.41) is 3.26. The van der Waals surface area contributed by atoms with Gasteiger partial charge in [0.15, 0.2) is 0 Å². The first-order valence-corrected chi connectivity index (χ1v) is 7.97. The zero-order valence-corrected chi connectivity index (χ0v) is 12.4. The fourth-order valence-corrected chi connectivity index (χ4v) is 3.33. The standard InChI is InChI=1S/C15H29N3O/c1-16-12-14-8-4-7-11-18(14)13-15(19)17-9-5-2-3-6-10-17/h14,16H,2-13H2,1H3. The molecule has 0 aromatic rings. The highest BCUT2D eigenvalue weighted by molar-refractivity contribution is 5.78. The molecule has 0 aliphatic carbocycles. The van der Waals surface area contributed by atoms with E-state index >= 15 is 0 Å².